The van der Waals surface area contributed by atoms with E-state index >= 15 is 0 Å². The molecule has 0 saturated carbocycles. The molecule has 0 atom stereocenters. The first-order valence-electron chi connectivity index (χ1n) is 10.0. The fourth-order valence-electron chi connectivity index (χ4n) is 3.42. The van der Waals surface area contributed by atoms with Gasteiger partial charge in [0, 0.05) is 23.2 Å². The van der Waals surface area contributed by atoms with Crippen molar-refractivity contribution < 1.29 is 19.0 Å². The van der Waals surface area contributed by atoms with Gasteiger partial charge in [0.2, 0.25) is 0 Å². The van der Waals surface area contributed by atoms with E-state index < -0.39 is 18.4 Å². The molecule has 0 aliphatic rings. The molecule has 0 amide bonds. The molecule has 0 saturated heterocycles. The fraction of sp³-hybridized carbons (Fsp3) is 0.120. The predicted molar refractivity (Wildman–Crippen MR) is 121 cm³/mol. The largest absolute Gasteiger partial charge is 0.481 e. The van der Waals surface area contributed by atoms with Crippen LogP contribution in [0.1, 0.15) is 5.56 Å². The lowest BCUT2D eigenvalue weighted by atomic mass is 10.1. The Morgan fingerprint density at radius 3 is 2.50 bits per heavy atom. The zero-order valence-corrected chi connectivity index (χ0v) is 17.8. The van der Waals surface area contributed by atoms with Crippen LogP contribution in [0.4, 0.5) is 4.39 Å². The van der Waals surface area contributed by atoms with Crippen LogP contribution in [-0.4, -0.2) is 27.5 Å². The van der Waals surface area contributed by atoms with E-state index in [0.29, 0.717) is 22.8 Å². The second kappa shape index (κ2) is 9.66. The quantitative estimate of drug-likeness (QED) is 0.373. The van der Waals surface area contributed by atoms with Crippen LogP contribution in [0, 0.1) is 5.82 Å². The van der Waals surface area contributed by atoms with E-state index in [-0.39, 0.29) is 5.75 Å². The van der Waals surface area contributed by atoms with Gasteiger partial charge in [0.25, 0.3) is 0 Å². The van der Waals surface area contributed by atoms with E-state index in [1.54, 1.807) is 6.07 Å². The lowest BCUT2D eigenvalue weighted by Crippen LogP contribution is -2.10. The number of hydrogen-bond donors (Lipinski definition) is 1. The number of nitrogens with zero attached hydrogens (tertiary/aromatic N) is 2. The zero-order chi connectivity index (χ0) is 22.5. The third-order valence-electron chi connectivity index (χ3n) is 4.95. The van der Waals surface area contributed by atoms with E-state index in [0.717, 1.165) is 17.7 Å². The molecule has 1 aromatic heterocycles. The van der Waals surface area contributed by atoms with Crippen molar-refractivity contribution >= 4 is 17.6 Å². The van der Waals surface area contributed by atoms with Gasteiger partial charge in [-0.3, -0.25) is 4.68 Å². The molecule has 0 spiro atoms. The highest BCUT2D eigenvalue weighted by molar-refractivity contribution is 6.30. The maximum Gasteiger partial charge on any atom is 0.341 e. The fourth-order valence-corrected chi connectivity index (χ4v) is 3.54. The number of aromatic nitrogens is 2. The molecule has 0 radical (unpaired) electrons. The Morgan fingerprint density at radius 1 is 1.03 bits per heavy atom. The minimum atomic E-state index is -1.14. The molecule has 32 heavy (non-hydrogen) atoms. The van der Waals surface area contributed by atoms with E-state index in [1.807, 2.05) is 53.2 Å². The summed E-state index contributed by atoms with van der Waals surface area (Å²) < 4.78 is 21.0. The number of carboxylic acids is 1. The van der Waals surface area contributed by atoms with Gasteiger partial charge in [-0.15, -0.1) is 0 Å². The monoisotopic (exact) mass is 450 g/mol. The van der Waals surface area contributed by atoms with E-state index in [9.17, 15) is 9.18 Å². The maximum atomic E-state index is 13.8. The van der Waals surface area contributed by atoms with Crippen molar-refractivity contribution in [2.75, 3.05) is 6.61 Å². The van der Waals surface area contributed by atoms with Crippen LogP contribution in [0.2, 0.25) is 5.02 Å². The minimum Gasteiger partial charge on any atom is -0.481 e. The van der Waals surface area contributed by atoms with Crippen LogP contribution >= 0.6 is 11.6 Å². The number of carboxylic acid groups (broad SMARTS) is 1. The van der Waals surface area contributed by atoms with Crippen LogP contribution in [0.25, 0.3) is 22.5 Å². The van der Waals surface area contributed by atoms with Crippen molar-refractivity contribution in [2.24, 2.45) is 0 Å². The number of aryl methyl sites for hydroxylation is 2. The minimum absolute atomic E-state index is 0.128. The van der Waals surface area contributed by atoms with Gasteiger partial charge < -0.3 is 9.84 Å². The predicted octanol–water partition coefficient (Wildman–Crippen LogP) is 5.72. The first-order valence-corrected chi connectivity index (χ1v) is 10.4. The Balaban J connectivity index is 1.73. The van der Waals surface area contributed by atoms with Gasteiger partial charge in [-0.25, -0.2) is 9.18 Å². The van der Waals surface area contributed by atoms with Gasteiger partial charge in [0.1, 0.15) is 11.6 Å². The van der Waals surface area contributed by atoms with Crippen molar-refractivity contribution in [3.8, 4) is 28.3 Å². The molecule has 4 aromatic rings. The number of hydrogen-bond acceptors (Lipinski definition) is 3. The zero-order valence-electron chi connectivity index (χ0n) is 17.0. The molecule has 0 fully saturated rings. The summed E-state index contributed by atoms with van der Waals surface area (Å²) in [5.41, 5.74) is 4.04. The average Bonchev–Trinajstić information content (AvgIpc) is 3.21. The van der Waals surface area contributed by atoms with E-state index in [1.165, 1.54) is 17.7 Å². The summed E-state index contributed by atoms with van der Waals surface area (Å²) in [6, 6.07) is 23.4. The summed E-state index contributed by atoms with van der Waals surface area (Å²) in [5, 5.41) is 14.3. The summed E-state index contributed by atoms with van der Waals surface area (Å²) in [6.07, 6.45) is 0.772. The molecule has 0 unspecified atom stereocenters. The number of ether oxygens (including phenoxy) is 1. The highest BCUT2D eigenvalue weighted by Gasteiger charge is 2.16. The van der Waals surface area contributed by atoms with Crippen molar-refractivity contribution in [3.05, 3.63) is 95.3 Å². The molecule has 4 rings (SSSR count). The number of rotatable bonds is 8. The van der Waals surface area contributed by atoms with Gasteiger partial charge in [-0.2, -0.15) is 5.10 Å². The maximum absolute atomic E-state index is 13.8. The summed E-state index contributed by atoms with van der Waals surface area (Å²) in [7, 11) is 0. The normalized spacial score (nSPS) is 10.8. The molecule has 0 aliphatic heterocycles. The lowest BCUT2D eigenvalue weighted by molar-refractivity contribution is -0.139. The van der Waals surface area contributed by atoms with Crippen LogP contribution in [0.5, 0.6) is 5.75 Å². The summed E-state index contributed by atoms with van der Waals surface area (Å²) in [6.45, 7) is 0.0453. The first-order chi connectivity index (χ1) is 15.5. The van der Waals surface area contributed by atoms with Gasteiger partial charge in [0.15, 0.2) is 6.61 Å². The third kappa shape index (κ3) is 5.15. The summed E-state index contributed by atoms with van der Waals surface area (Å²) >= 11 is 6.05. The van der Waals surface area contributed by atoms with Gasteiger partial charge in [-0.1, -0.05) is 54.1 Å². The van der Waals surface area contributed by atoms with E-state index in [2.05, 4.69) is 12.1 Å². The van der Waals surface area contributed by atoms with Crippen molar-refractivity contribution in [3.63, 3.8) is 0 Å². The molecule has 1 N–H and O–H groups in total. The molecule has 1 heterocycles. The first kappa shape index (κ1) is 21.6. The van der Waals surface area contributed by atoms with Gasteiger partial charge in [0.05, 0.1) is 11.4 Å². The molecule has 5 nitrogen and oxygen atoms in total. The second-order valence-electron chi connectivity index (χ2n) is 7.20. The lowest BCUT2D eigenvalue weighted by Gasteiger charge is -2.09. The number of carbonyl (C=O) groups is 1. The number of benzene rings is 3. The second-order valence-corrected chi connectivity index (χ2v) is 7.64. The molecular weight excluding hydrogens is 431 g/mol. The van der Waals surface area contributed by atoms with Crippen molar-refractivity contribution in [1.29, 1.82) is 0 Å². The Labute approximate surface area is 189 Å². The third-order valence-corrected chi connectivity index (χ3v) is 5.20. The molecule has 0 aliphatic carbocycles. The van der Waals surface area contributed by atoms with Gasteiger partial charge in [-0.05, 0) is 47.9 Å². The summed E-state index contributed by atoms with van der Waals surface area (Å²) in [5.74, 6) is -1.53. The highest BCUT2D eigenvalue weighted by Crippen LogP contribution is 2.33. The van der Waals surface area contributed by atoms with Gasteiger partial charge >= 0.3 is 5.97 Å². The van der Waals surface area contributed by atoms with Crippen LogP contribution < -0.4 is 4.74 Å². The van der Waals surface area contributed by atoms with Crippen molar-refractivity contribution in [1.82, 2.24) is 9.78 Å². The Kier molecular flexibility index (Phi) is 6.52. The number of aliphatic carboxylic acids is 1. The Bertz CT molecular complexity index is 1220. The van der Waals surface area contributed by atoms with Crippen molar-refractivity contribution in [2.45, 2.75) is 13.0 Å². The molecular formula is C25H20ClFN2O3. The SMILES string of the molecule is O=C(O)COc1cc(F)ccc1-c1cc(-c2ccc(Cl)cc2)n(CCc2ccccc2)n1. The van der Waals surface area contributed by atoms with E-state index in [4.69, 9.17) is 26.5 Å². The smallest absolute Gasteiger partial charge is 0.341 e. The van der Waals surface area contributed by atoms with Crippen LogP contribution in [0.3, 0.4) is 0 Å². The standard InChI is InChI=1S/C25H20ClFN2O3/c26-19-8-6-18(7-9-19)23-15-22(28-29(23)13-12-17-4-2-1-3-5-17)21-11-10-20(27)14-24(21)32-16-25(30)31/h1-11,14-15H,12-13,16H2,(H,30,31). The average molecular weight is 451 g/mol. The Hall–Kier alpha value is -3.64. The summed E-state index contributed by atoms with van der Waals surface area (Å²) in [4.78, 5) is 10.9. The Morgan fingerprint density at radius 2 is 1.78 bits per heavy atom. The molecule has 3 aromatic carbocycles. The van der Waals surface area contributed by atoms with Crippen LogP contribution in [-0.2, 0) is 17.8 Å². The topological polar surface area (TPSA) is 64.3 Å². The number of halogens is 2. The molecule has 0 bridgehead atoms. The van der Waals surface area contributed by atoms with Crippen LogP contribution in [0.15, 0.2) is 78.9 Å². The molecule has 162 valence electrons. The molecule has 7 heteroatoms. The highest BCUT2D eigenvalue weighted by atomic mass is 35.5.